The van der Waals surface area contributed by atoms with Gasteiger partial charge in [-0.2, -0.15) is 0 Å². The van der Waals surface area contributed by atoms with Crippen LogP contribution in [0.25, 0.3) is 0 Å². The van der Waals surface area contributed by atoms with Gasteiger partial charge in [-0.25, -0.2) is 0 Å². The molecule has 0 aliphatic carbocycles. The smallest absolute Gasteiger partial charge is 0.294 e. The van der Waals surface area contributed by atoms with E-state index >= 15 is 0 Å². The zero-order chi connectivity index (χ0) is 21.0. The lowest BCUT2D eigenvalue weighted by atomic mass is 10.0. The van der Waals surface area contributed by atoms with Crippen LogP contribution in [0.4, 0.5) is 5.69 Å². The number of nitrogens with one attached hydrogen (secondary N) is 1. The van der Waals surface area contributed by atoms with Gasteiger partial charge >= 0.3 is 0 Å². The molecule has 3 aromatic rings. The van der Waals surface area contributed by atoms with Crippen molar-refractivity contribution in [1.82, 2.24) is 5.32 Å². The summed E-state index contributed by atoms with van der Waals surface area (Å²) in [5, 5.41) is 3.53. The fraction of sp³-hybridized carbons (Fsp3) is 0.217. The third kappa shape index (κ3) is 5.06. The summed E-state index contributed by atoms with van der Waals surface area (Å²) < 4.78 is 5.34. The molecular formula is C23H23ClN2O3. The van der Waals surface area contributed by atoms with Crippen molar-refractivity contribution in [1.29, 1.82) is 0 Å². The minimum absolute atomic E-state index is 0.149. The van der Waals surface area contributed by atoms with Crippen LogP contribution in [-0.4, -0.2) is 17.4 Å². The largest absolute Gasteiger partial charge is 0.459 e. The molecule has 1 aromatic heterocycles. The highest BCUT2D eigenvalue weighted by Gasteiger charge is 2.35. The Morgan fingerprint density at radius 2 is 1.62 bits per heavy atom. The molecule has 29 heavy (non-hydrogen) atoms. The van der Waals surface area contributed by atoms with Crippen LogP contribution in [0.1, 0.15) is 42.9 Å². The fourth-order valence-corrected chi connectivity index (χ4v) is 3.12. The van der Waals surface area contributed by atoms with E-state index < -0.39 is 17.5 Å². The summed E-state index contributed by atoms with van der Waals surface area (Å²) in [7, 11) is 0. The first-order valence-electron chi connectivity index (χ1n) is 9.26. The fourth-order valence-electron chi connectivity index (χ4n) is 2.99. The van der Waals surface area contributed by atoms with Crippen molar-refractivity contribution in [3.63, 3.8) is 0 Å². The van der Waals surface area contributed by atoms with Crippen molar-refractivity contribution in [3.05, 3.63) is 89.3 Å². The zero-order valence-electron chi connectivity index (χ0n) is 16.6. The number of carbonyl (C=O) groups excluding carboxylic acids is 2. The van der Waals surface area contributed by atoms with E-state index in [4.69, 9.17) is 16.0 Å². The lowest BCUT2D eigenvalue weighted by Gasteiger charge is -2.33. The molecule has 1 unspecified atom stereocenters. The molecule has 6 heteroatoms. The molecule has 0 radical (unpaired) electrons. The predicted octanol–water partition coefficient (Wildman–Crippen LogP) is 5.24. The number of halogens is 1. The van der Waals surface area contributed by atoms with E-state index in [0.29, 0.717) is 16.3 Å². The van der Waals surface area contributed by atoms with E-state index in [9.17, 15) is 9.59 Å². The van der Waals surface area contributed by atoms with Crippen LogP contribution in [0, 0.1) is 0 Å². The van der Waals surface area contributed by atoms with Gasteiger partial charge < -0.3 is 9.73 Å². The summed E-state index contributed by atoms with van der Waals surface area (Å²) in [6.45, 7) is 5.68. The Labute approximate surface area is 175 Å². The monoisotopic (exact) mass is 410 g/mol. The quantitative estimate of drug-likeness (QED) is 0.625. The van der Waals surface area contributed by atoms with E-state index in [1.165, 1.54) is 11.2 Å². The van der Waals surface area contributed by atoms with E-state index in [2.05, 4.69) is 5.32 Å². The Balaban J connectivity index is 2.15. The molecular weight excluding hydrogens is 388 g/mol. The van der Waals surface area contributed by atoms with Crippen molar-refractivity contribution in [2.75, 3.05) is 4.90 Å². The van der Waals surface area contributed by atoms with Crippen LogP contribution in [-0.2, 0) is 4.79 Å². The topological polar surface area (TPSA) is 62.6 Å². The van der Waals surface area contributed by atoms with Gasteiger partial charge in [0.05, 0.1) is 6.26 Å². The summed E-state index contributed by atoms with van der Waals surface area (Å²) in [6, 6.07) is 18.3. The average Bonchev–Trinajstić information content (AvgIpc) is 3.20. The molecule has 0 bridgehead atoms. The predicted molar refractivity (Wildman–Crippen MR) is 114 cm³/mol. The van der Waals surface area contributed by atoms with Crippen LogP contribution in [0.15, 0.2) is 77.4 Å². The SMILES string of the molecule is CC(C)(C)NC(=O)C(c1ccc(Cl)cc1)N(C(=O)c1ccco1)c1ccccc1. The first-order valence-corrected chi connectivity index (χ1v) is 9.64. The molecule has 1 heterocycles. The van der Waals surface area contributed by atoms with Crippen LogP contribution < -0.4 is 10.2 Å². The first kappa shape index (κ1) is 20.7. The lowest BCUT2D eigenvalue weighted by Crippen LogP contribution is -2.49. The van der Waals surface area contributed by atoms with Gasteiger partial charge in [-0.15, -0.1) is 0 Å². The number of para-hydroxylation sites is 1. The second-order valence-electron chi connectivity index (χ2n) is 7.68. The number of amides is 2. The van der Waals surface area contributed by atoms with Crippen LogP contribution in [0.5, 0.6) is 0 Å². The third-order valence-electron chi connectivity index (χ3n) is 4.18. The molecule has 2 aromatic carbocycles. The summed E-state index contributed by atoms with van der Waals surface area (Å²) in [6.07, 6.45) is 1.43. The molecule has 0 spiro atoms. The van der Waals surface area contributed by atoms with E-state index in [-0.39, 0.29) is 11.7 Å². The Kier molecular flexibility index (Phi) is 6.09. The van der Waals surface area contributed by atoms with Crippen LogP contribution in [0.2, 0.25) is 5.02 Å². The minimum atomic E-state index is -0.911. The molecule has 150 valence electrons. The standard InChI is InChI=1S/C23H23ClN2O3/c1-23(2,3)25-21(27)20(16-11-13-17(24)14-12-16)26(18-8-5-4-6-9-18)22(28)19-10-7-15-29-19/h4-15,20H,1-3H3,(H,25,27). The Morgan fingerprint density at radius 1 is 0.966 bits per heavy atom. The van der Waals surface area contributed by atoms with Gasteiger partial charge in [0.1, 0.15) is 6.04 Å². The Bertz CT molecular complexity index is 962. The van der Waals surface area contributed by atoms with E-state index in [1.807, 2.05) is 39.0 Å². The van der Waals surface area contributed by atoms with Gasteiger partial charge in [0, 0.05) is 16.2 Å². The first-order chi connectivity index (χ1) is 13.8. The summed E-state index contributed by atoms with van der Waals surface area (Å²) >= 11 is 6.05. The molecule has 5 nitrogen and oxygen atoms in total. The average molecular weight is 411 g/mol. The van der Waals surface area contributed by atoms with E-state index in [1.54, 1.807) is 48.5 Å². The number of nitrogens with zero attached hydrogens (tertiary/aromatic N) is 1. The maximum Gasteiger partial charge on any atom is 0.294 e. The number of rotatable bonds is 5. The molecule has 1 N–H and O–H groups in total. The van der Waals surface area contributed by atoms with Crippen molar-refractivity contribution in [2.24, 2.45) is 0 Å². The highest BCUT2D eigenvalue weighted by molar-refractivity contribution is 6.30. The number of anilines is 1. The van der Waals surface area contributed by atoms with Gasteiger partial charge in [-0.1, -0.05) is 41.9 Å². The minimum Gasteiger partial charge on any atom is -0.459 e. The number of carbonyl (C=O) groups is 2. The molecule has 1 atom stereocenters. The molecule has 0 saturated heterocycles. The molecule has 0 aliphatic heterocycles. The van der Waals surface area contributed by atoms with Crippen LogP contribution in [0.3, 0.4) is 0 Å². The lowest BCUT2D eigenvalue weighted by molar-refractivity contribution is -0.123. The third-order valence-corrected chi connectivity index (χ3v) is 4.43. The maximum absolute atomic E-state index is 13.4. The van der Waals surface area contributed by atoms with Gasteiger partial charge in [0.15, 0.2) is 5.76 Å². The van der Waals surface area contributed by atoms with Gasteiger partial charge in [0.2, 0.25) is 5.91 Å². The Morgan fingerprint density at radius 3 is 2.17 bits per heavy atom. The number of furan rings is 1. The normalized spacial score (nSPS) is 12.3. The highest BCUT2D eigenvalue weighted by atomic mass is 35.5. The highest BCUT2D eigenvalue weighted by Crippen LogP contribution is 2.31. The Hall–Kier alpha value is -3.05. The second-order valence-corrected chi connectivity index (χ2v) is 8.12. The summed E-state index contributed by atoms with van der Waals surface area (Å²) in [4.78, 5) is 28.2. The zero-order valence-corrected chi connectivity index (χ0v) is 17.3. The second kappa shape index (κ2) is 8.53. The van der Waals surface area contributed by atoms with Crippen molar-refractivity contribution >= 4 is 29.1 Å². The summed E-state index contributed by atoms with van der Waals surface area (Å²) in [5.41, 5.74) is 0.746. The van der Waals surface area contributed by atoms with Crippen molar-refractivity contribution in [2.45, 2.75) is 32.4 Å². The van der Waals surface area contributed by atoms with Crippen molar-refractivity contribution in [3.8, 4) is 0 Å². The van der Waals surface area contributed by atoms with E-state index in [0.717, 1.165) is 0 Å². The maximum atomic E-state index is 13.4. The summed E-state index contributed by atoms with van der Waals surface area (Å²) in [5.74, 6) is -0.565. The van der Waals surface area contributed by atoms with Gasteiger partial charge in [0.25, 0.3) is 5.91 Å². The molecule has 3 rings (SSSR count). The molecule has 0 saturated carbocycles. The molecule has 0 aliphatic rings. The van der Waals surface area contributed by atoms with Crippen molar-refractivity contribution < 1.29 is 14.0 Å². The number of hydrogen-bond donors (Lipinski definition) is 1. The van der Waals surface area contributed by atoms with Gasteiger partial charge in [-0.05, 0) is 62.7 Å². The van der Waals surface area contributed by atoms with Crippen LogP contribution >= 0.6 is 11.6 Å². The molecule has 0 fully saturated rings. The number of hydrogen-bond acceptors (Lipinski definition) is 3. The van der Waals surface area contributed by atoms with Gasteiger partial charge in [-0.3, -0.25) is 14.5 Å². The molecule has 2 amide bonds. The number of benzene rings is 2.